The van der Waals surface area contributed by atoms with E-state index in [4.69, 9.17) is 0 Å². The Morgan fingerprint density at radius 2 is 2.21 bits per heavy atom. The monoisotopic (exact) mass is 195 g/mol. The van der Waals surface area contributed by atoms with Crippen LogP contribution in [0.2, 0.25) is 0 Å². The lowest BCUT2D eigenvalue weighted by molar-refractivity contribution is -0.809. The second kappa shape index (κ2) is 4.47. The lowest BCUT2D eigenvalue weighted by Gasteiger charge is -2.31. The molecule has 1 atom stereocenters. The zero-order valence-corrected chi connectivity index (χ0v) is 9.03. The Labute approximate surface area is 85.6 Å². The van der Waals surface area contributed by atoms with Gasteiger partial charge in [-0.15, -0.1) is 0 Å². The van der Waals surface area contributed by atoms with Crippen molar-refractivity contribution in [2.75, 3.05) is 40.9 Å². The SMILES string of the molecule is CN(C)CC#CCN1C=C[N+](C)([O-])C1. The molecule has 0 saturated heterocycles. The fourth-order valence-corrected chi connectivity index (χ4v) is 1.16. The quantitative estimate of drug-likeness (QED) is 0.359. The maximum absolute atomic E-state index is 11.4. The number of quaternary nitrogens is 1. The van der Waals surface area contributed by atoms with E-state index < -0.39 is 0 Å². The third-order valence-corrected chi connectivity index (χ3v) is 1.86. The van der Waals surface area contributed by atoms with E-state index in [0.29, 0.717) is 13.2 Å². The first-order valence-corrected chi connectivity index (χ1v) is 4.60. The van der Waals surface area contributed by atoms with Crippen molar-refractivity contribution in [3.8, 4) is 11.8 Å². The molecule has 0 aromatic rings. The minimum Gasteiger partial charge on any atom is -0.627 e. The molecule has 0 N–H and O–H groups in total. The van der Waals surface area contributed by atoms with Crippen LogP contribution in [0.3, 0.4) is 0 Å². The minimum absolute atomic E-state index is 0.324. The lowest BCUT2D eigenvalue weighted by atomic mass is 10.5. The van der Waals surface area contributed by atoms with Gasteiger partial charge >= 0.3 is 0 Å². The van der Waals surface area contributed by atoms with E-state index in [2.05, 4.69) is 11.8 Å². The Morgan fingerprint density at radius 3 is 2.71 bits per heavy atom. The van der Waals surface area contributed by atoms with Gasteiger partial charge in [0.25, 0.3) is 0 Å². The molecule has 1 aliphatic rings. The highest BCUT2D eigenvalue weighted by atomic mass is 16.5. The maximum Gasteiger partial charge on any atom is 0.158 e. The summed E-state index contributed by atoms with van der Waals surface area (Å²) < 4.78 is -0.324. The molecule has 4 heteroatoms. The van der Waals surface area contributed by atoms with Crippen LogP contribution in [0.4, 0.5) is 0 Å². The fraction of sp³-hybridized carbons (Fsp3) is 0.600. The Bertz CT molecular complexity index is 273. The van der Waals surface area contributed by atoms with Gasteiger partial charge in [0.15, 0.2) is 6.67 Å². The van der Waals surface area contributed by atoms with Crippen molar-refractivity contribution in [3.05, 3.63) is 17.6 Å². The van der Waals surface area contributed by atoms with E-state index in [9.17, 15) is 5.21 Å². The Morgan fingerprint density at radius 1 is 1.50 bits per heavy atom. The van der Waals surface area contributed by atoms with Crippen molar-refractivity contribution in [2.24, 2.45) is 0 Å². The van der Waals surface area contributed by atoms with Crippen molar-refractivity contribution in [3.63, 3.8) is 0 Å². The van der Waals surface area contributed by atoms with Gasteiger partial charge in [0.2, 0.25) is 0 Å². The van der Waals surface area contributed by atoms with Crippen LogP contribution in [0, 0.1) is 17.0 Å². The molecule has 0 aromatic heterocycles. The minimum atomic E-state index is -0.324. The summed E-state index contributed by atoms with van der Waals surface area (Å²) in [7, 11) is 5.59. The smallest absolute Gasteiger partial charge is 0.158 e. The van der Waals surface area contributed by atoms with Gasteiger partial charge in [-0.3, -0.25) is 4.90 Å². The third kappa shape index (κ3) is 3.79. The van der Waals surface area contributed by atoms with Crippen LogP contribution in [0.15, 0.2) is 12.4 Å². The fourth-order valence-electron chi connectivity index (χ4n) is 1.16. The van der Waals surface area contributed by atoms with Crippen molar-refractivity contribution >= 4 is 0 Å². The van der Waals surface area contributed by atoms with Crippen LogP contribution in [-0.2, 0) is 0 Å². The number of nitrogens with zero attached hydrogens (tertiary/aromatic N) is 3. The summed E-state index contributed by atoms with van der Waals surface area (Å²) in [4.78, 5) is 3.94. The number of hydrogen-bond acceptors (Lipinski definition) is 3. The largest absolute Gasteiger partial charge is 0.627 e. The van der Waals surface area contributed by atoms with E-state index in [0.717, 1.165) is 6.54 Å². The molecule has 4 nitrogen and oxygen atoms in total. The molecule has 0 bridgehead atoms. The third-order valence-electron chi connectivity index (χ3n) is 1.86. The van der Waals surface area contributed by atoms with Crippen LogP contribution in [0.25, 0.3) is 0 Å². The van der Waals surface area contributed by atoms with E-state index in [1.165, 1.54) is 0 Å². The van der Waals surface area contributed by atoms with Crippen LogP contribution < -0.4 is 0 Å². The first-order chi connectivity index (χ1) is 6.49. The zero-order chi connectivity index (χ0) is 10.6. The van der Waals surface area contributed by atoms with E-state index in [-0.39, 0.29) is 4.65 Å². The average Bonchev–Trinajstić information content (AvgIpc) is 2.39. The maximum atomic E-state index is 11.4. The van der Waals surface area contributed by atoms with E-state index in [1.54, 1.807) is 13.2 Å². The molecule has 0 amide bonds. The number of hydroxylamine groups is 3. The van der Waals surface area contributed by atoms with Crippen molar-refractivity contribution in [2.45, 2.75) is 0 Å². The van der Waals surface area contributed by atoms with Gasteiger partial charge in [0.1, 0.15) is 6.20 Å². The molecule has 78 valence electrons. The molecule has 1 aliphatic heterocycles. The molecular formula is C10H17N3O. The standard InChI is InChI=1S/C10H17N3O/c1-11(2)6-4-5-7-12-8-9-13(3,14)10-12/h8-9H,6-7,10H2,1-3H3. The van der Waals surface area contributed by atoms with Gasteiger partial charge in [-0.1, -0.05) is 11.8 Å². The second-order valence-electron chi connectivity index (χ2n) is 3.95. The highest BCUT2D eigenvalue weighted by Crippen LogP contribution is 2.11. The molecule has 0 radical (unpaired) electrons. The number of hydrogen-bond donors (Lipinski definition) is 0. The Balaban J connectivity index is 2.27. The van der Waals surface area contributed by atoms with Crippen LogP contribution in [-0.4, -0.2) is 55.3 Å². The first-order valence-electron chi connectivity index (χ1n) is 4.60. The van der Waals surface area contributed by atoms with Gasteiger partial charge in [-0.05, 0) is 14.1 Å². The van der Waals surface area contributed by atoms with Gasteiger partial charge in [-0.25, -0.2) is 0 Å². The second-order valence-corrected chi connectivity index (χ2v) is 3.95. The van der Waals surface area contributed by atoms with Gasteiger partial charge < -0.3 is 14.8 Å². The van der Waals surface area contributed by atoms with E-state index >= 15 is 0 Å². The summed E-state index contributed by atoms with van der Waals surface area (Å²) >= 11 is 0. The summed E-state index contributed by atoms with van der Waals surface area (Å²) in [6.07, 6.45) is 3.45. The summed E-state index contributed by atoms with van der Waals surface area (Å²) in [5.74, 6) is 6.06. The van der Waals surface area contributed by atoms with Gasteiger partial charge in [0, 0.05) is 0 Å². The normalized spacial score (nSPS) is 25.4. The van der Waals surface area contributed by atoms with Crippen LogP contribution in [0.1, 0.15) is 0 Å². The highest BCUT2D eigenvalue weighted by molar-refractivity contribution is 5.04. The summed E-state index contributed by atoms with van der Waals surface area (Å²) in [5, 5.41) is 11.4. The lowest BCUT2D eigenvalue weighted by Crippen LogP contribution is -2.35. The molecule has 14 heavy (non-hydrogen) atoms. The zero-order valence-electron chi connectivity index (χ0n) is 9.03. The molecule has 0 spiro atoms. The van der Waals surface area contributed by atoms with E-state index in [1.807, 2.05) is 30.1 Å². The summed E-state index contributed by atoms with van der Waals surface area (Å²) in [6, 6.07) is 0. The molecular weight excluding hydrogens is 178 g/mol. The Kier molecular flexibility index (Phi) is 3.53. The predicted molar refractivity (Wildman–Crippen MR) is 56.6 cm³/mol. The molecule has 1 rings (SSSR count). The number of rotatable bonds is 2. The average molecular weight is 195 g/mol. The molecule has 1 heterocycles. The topological polar surface area (TPSA) is 29.5 Å². The predicted octanol–water partition coefficient (Wildman–Crippen LogP) is 0.240. The molecule has 1 unspecified atom stereocenters. The Hall–Kier alpha value is -1.02. The molecule has 0 fully saturated rings. The molecule has 0 aromatic carbocycles. The highest BCUT2D eigenvalue weighted by Gasteiger charge is 2.16. The van der Waals surface area contributed by atoms with Gasteiger partial charge in [-0.2, -0.15) is 0 Å². The van der Waals surface area contributed by atoms with Crippen LogP contribution >= 0.6 is 0 Å². The van der Waals surface area contributed by atoms with Crippen molar-refractivity contribution in [1.29, 1.82) is 0 Å². The van der Waals surface area contributed by atoms with Crippen molar-refractivity contribution in [1.82, 2.24) is 9.80 Å². The van der Waals surface area contributed by atoms with Gasteiger partial charge in [0.05, 0.1) is 26.3 Å². The summed E-state index contributed by atoms with van der Waals surface area (Å²) in [6.45, 7) is 1.87. The first kappa shape index (κ1) is 11.1. The van der Waals surface area contributed by atoms with Crippen molar-refractivity contribution < 1.29 is 4.65 Å². The molecule has 0 saturated carbocycles. The summed E-state index contributed by atoms with van der Waals surface area (Å²) in [5.41, 5.74) is 0. The van der Waals surface area contributed by atoms with Crippen LogP contribution in [0.5, 0.6) is 0 Å². The molecule has 0 aliphatic carbocycles.